The van der Waals surface area contributed by atoms with Crippen LogP contribution in [-0.4, -0.2) is 54.2 Å². The lowest BCUT2D eigenvalue weighted by molar-refractivity contribution is -0.134. The first-order chi connectivity index (χ1) is 13.9. The smallest absolute Gasteiger partial charge is 0.150 e. The number of rotatable bonds is 3. The predicted molar refractivity (Wildman–Crippen MR) is 113 cm³/mol. The Bertz CT molecular complexity index is 628. The Labute approximate surface area is 176 Å². The molecule has 0 spiro atoms. The third kappa shape index (κ3) is 3.61. The third-order valence-corrected chi connectivity index (χ3v) is 10.1. The van der Waals surface area contributed by atoms with Crippen molar-refractivity contribution in [2.45, 2.75) is 77.2 Å². The van der Waals surface area contributed by atoms with Gasteiger partial charge >= 0.3 is 0 Å². The zero-order valence-corrected chi connectivity index (χ0v) is 18.6. The first-order valence-electron chi connectivity index (χ1n) is 12.4. The van der Waals surface area contributed by atoms with Gasteiger partial charge < -0.3 is 9.84 Å². The minimum absolute atomic E-state index is 0.234. The van der Waals surface area contributed by atoms with E-state index in [9.17, 15) is 9.90 Å². The van der Waals surface area contributed by atoms with E-state index in [1.807, 2.05) is 0 Å². The lowest BCUT2D eigenvalue weighted by Crippen LogP contribution is -2.51. The van der Waals surface area contributed by atoms with Crippen LogP contribution in [0.3, 0.4) is 0 Å². The van der Waals surface area contributed by atoms with Crippen LogP contribution in [0.2, 0.25) is 0 Å². The summed E-state index contributed by atoms with van der Waals surface area (Å²) < 4.78 is 5.46. The number of ether oxygens (including phenoxy) is 1. The number of morpholine rings is 1. The van der Waals surface area contributed by atoms with Crippen LogP contribution in [0.5, 0.6) is 0 Å². The van der Waals surface area contributed by atoms with Crippen LogP contribution in [0.4, 0.5) is 0 Å². The van der Waals surface area contributed by atoms with E-state index in [1.165, 1.54) is 38.5 Å². The summed E-state index contributed by atoms with van der Waals surface area (Å²) in [4.78, 5) is 15.6. The van der Waals surface area contributed by atoms with Gasteiger partial charge in [-0.2, -0.15) is 0 Å². The molecule has 5 rings (SSSR count). The summed E-state index contributed by atoms with van der Waals surface area (Å²) in [5.41, 5.74) is -0.195. The van der Waals surface area contributed by atoms with Crippen LogP contribution in [-0.2, 0) is 9.53 Å². The summed E-state index contributed by atoms with van der Waals surface area (Å²) in [5.74, 6) is 4.81. The molecule has 29 heavy (non-hydrogen) atoms. The van der Waals surface area contributed by atoms with E-state index < -0.39 is 5.60 Å². The molecular weight excluding hydrogens is 362 g/mol. The van der Waals surface area contributed by atoms with Crippen molar-refractivity contribution in [3.8, 4) is 0 Å². The number of hydrogen-bond donors (Lipinski definition) is 1. The zero-order chi connectivity index (χ0) is 20.2. The summed E-state index contributed by atoms with van der Waals surface area (Å²) in [5, 5.41) is 10.6. The lowest BCUT2D eigenvalue weighted by Gasteiger charge is -2.57. The number of Topliss-reactive ketones (excluding diaryl/α,β-unsaturated/α-hetero) is 1. The Balaban J connectivity index is 1.28. The molecule has 1 heterocycles. The fraction of sp³-hybridized carbons (Fsp3) is 0.960. The molecule has 164 valence electrons. The summed E-state index contributed by atoms with van der Waals surface area (Å²) in [6.45, 7) is 8.54. The molecule has 1 N–H and O–H groups in total. The Morgan fingerprint density at radius 1 is 0.966 bits per heavy atom. The van der Waals surface area contributed by atoms with Gasteiger partial charge in [-0.05, 0) is 99.7 Å². The van der Waals surface area contributed by atoms with Crippen molar-refractivity contribution < 1.29 is 14.6 Å². The van der Waals surface area contributed by atoms with Crippen molar-refractivity contribution in [1.29, 1.82) is 0 Å². The van der Waals surface area contributed by atoms with Gasteiger partial charge in [0.2, 0.25) is 0 Å². The first-order valence-corrected chi connectivity index (χ1v) is 12.4. The topological polar surface area (TPSA) is 49.8 Å². The van der Waals surface area contributed by atoms with Crippen molar-refractivity contribution in [1.82, 2.24) is 4.90 Å². The number of ketones is 1. The van der Waals surface area contributed by atoms with Crippen molar-refractivity contribution in [3.05, 3.63) is 0 Å². The SMILES string of the molecule is C[C@@]1(O)CC[C@H]2[C@H](CC[C@@H]3[C@@H]2CC[C@]2(C)[C@@H](C(=O)CN4CCOCC4)CC[C@@H]32)C1. The fourth-order valence-corrected chi connectivity index (χ4v) is 8.70. The second-order valence-corrected chi connectivity index (χ2v) is 11.7. The zero-order valence-electron chi connectivity index (χ0n) is 18.6. The number of carbonyl (C=O) groups excluding carboxylic acids is 1. The predicted octanol–water partition coefficient (Wildman–Crippen LogP) is 3.91. The summed E-state index contributed by atoms with van der Waals surface area (Å²) in [6.07, 6.45) is 10.8. The average Bonchev–Trinajstić information content (AvgIpc) is 3.05. The van der Waals surface area contributed by atoms with Crippen LogP contribution in [0.25, 0.3) is 0 Å². The van der Waals surface area contributed by atoms with Gasteiger partial charge in [-0.1, -0.05) is 6.92 Å². The molecule has 4 aliphatic carbocycles. The van der Waals surface area contributed by atoms with E-state index in [1.54, 1.807) is 0 Å². The highest BCUT2D eigenvalue weighted by Crippen LogP contribution is 2.64. The normalized spacial score (nSPS) is 50.4. The van der Waals surface area contributed by atoms with Crippen LogP contribution >= 0.6 is 0 Å². The maximum absolute atomic E-state index is 13.3. The molecule has 0 radical (unpaired) electrons. The highest BCUT2D eigenvalue weighted by molar-refractivity contribution is 5.84. The maximum Gasteiger partial charge on any atom is 0.150 e. The van der Waals surface area contributed by atoms with Crippen molar-refractivity contribution in [2.24, 2.45) is 40.9 Å². The molecule has 0 unspecified atom stereocenters. The summed E-state index contributed by atoms with van der Waals surface area (Å²) in [7, 11) is 0. The minimum atomic E-state index is -0.429. The van der Waals surface area contributed by atoms with Crippen molar-refractivity contribution >= 4 is 5.78 Å². The van der Waals surface area contributed by atoms with Gasteiger partial charge in [0.1, 0.15) is 5.78 Å². The van der Waals surface area contributed by atoms with Gasteiger partial charge in [0.15, 0.2) is 0 Å². The molecule has 0 aromatic rings. The standard InChI is InChI=1S/C25H41NO3/c1-24(28)9-7-18-17(15-24)3-4-20-19(18)8-10-25(2)21(20)5-6-22(25)23(27)16-26-11-13-29-14-12-26/h17-22,28H,3-16H2,1-2H3/t17-,18+,19-,20-,21+,22-,24-,25+/m1/s1. The Morgan fingerprint density at radius 3 is 2.52 bits per heavy atom. The largest absolute Gasteiger partial charge is 0.390 e. The molecule has 1 aliphatic heterocycles. The second kappa shape index (κ2) is 7.60. The van der Waals surface area contributed by atoms with Gasteiger partial charge in [0.25, 0.3) is 0 Å². The number of hydrogen-bond acceptors (Lipinski definition) is 4. The van der Waals surface area contributed by atoms with E-state index in [-0.39, 0.29) is 11.3 Å². The summed E-state index contributed by atoms with van der Waals surface area (Å²) in [6, 6.07) is 0. The Hall–Kier alpha value is -0.450. The molecule has 0 amide bonds. The van der Waals surface area contributed by atoms with Crippen molar-refractivity contribution in [2.75, 3.05) is 32.8 Å². The molecule has 0 aromatic carbocycles. The van der Waals surface area contributed by atoms with E-state index in [0.717, 1.165) is 75.2 Å². The molecule has 0 bridgehead atoms. The van der Waals surface area contributed by atoms with Crippen LogP contribution < -0.4 is 0 Å². The Kier molecular flexibility index (Phi) is 5.36. The van der Waals surface area contributed by atoms with Gasteiger partial charge in [0.05, 0.1) is 25.4 Å². The lowest BCUT2D eigenvalue weighted by atomic mass is 9.49. The quantitative estimate of drug-likeness (QED) is 0.776. The molecule has 5 fully saturated rings. The maximum atomic E-state index is 13.3. The second-order valence-electron chi connectivity index (χ2n) is 11.7. The number of nitrogens with zero attached hydrogens (tertiary/aromatic N) is 1. The van der Waals surface area contributed by atoms with E-state index in [0.29, 0.717) is 12.3 Å². The van der Waals surface area contributed by atoms with Gasteiger partial charge in [0, 0.05) is 19.0 Å². The minimum Gasteiger partial charge on any atom is -0.390 e. The Morgan fingerprint density at radius 2 is 1.72 bits per heavy atom. The van der Waals surface area contributed by atoms with Gasteiger partial charge in [-0.15, -0.1) is 0 Å². The van der Waals surface area contributed by atoms with Crippen LogP contribution in [0.15, 0.2) is 0 Å². The highest BCUT2D eigenvalue weighted by Gasteiger charge is 2.58. The van der Waals surface area contributed by atoms with Crippen molar-refractivity contribution in [3.63, 3.8) is 0 Å². The van der Waals surface area contributed by atoms with Crippen LogP contribution in [0.1, 0.15) is 71.6 Å². The highest BCUT2D eigenvalue weighted by atomic mass is 16.5. The number of fused-ring (bicyclic) bond motifs is 5. The molecule has 4 saturated carbocycles. The fourth-order valence-electron chi connectivity index (χ4n) is 8.70. The summed E-state index contributed by atoms with van der Waals surface area (Å²) >= 11 is 0. The third-order valence-electron chi connectivity index (χ3n) is 10.1. The molecule has 5 aliphatic rings. The molecule has 0 aromatic heterocycles. The number of aliphatic hydroxyl groups is 1. The van der Waals surface area contributed by atoms with E-state index in [4.69, 9.17) is 4.74 Å². The van der Waals surface area contributed by atoms with E-state index in [2.05, 4.69) is 18.7 Å². The molecule has 4 nitrogen and oxygen atoms in total. The molecule has 4 heteroatoms. The van der Waals surface area contributed by atoms with E-state index >= 15 is 0 Å². The van der Waals surface area contributed by atoms with Gasteiger partial charge in [-0.3, -0.25) is 9.69 Å². The number of carbonyl (C=O) groups is 1. The molecule has 8 atom stereocenters. The van der Waals surface area contributed by atoms with Crippen LogP contribution in [0, 0.1) is 40.9 Å². The van der Waals surface area contributed by atoms with Gasteiger partial charge in [-0.25, -0.2) is 0 Å². The average molecular weight is 404 g/mol. The monoisotopic (exact) mass is 403 g/mol. The molecule has 1 saturated heterocycles. The first kappa shape index (κ1) is 20.5. The molecular formula is C25H41NO3.